The number of esters is 1. The smallest absolute Gasteiger partial charge is 0.306 e. The Bertz CT molecular complexity index is 1070. The highest BCUT2D eigenvalue weighted by atomic mass is 16.5. The summed E-state index contributed by atoms with van der Waals surface area (Å²) in [6.07, 6.45) is 48.3. The van der Waals surface area contributed by atoms with Crippen LogP contribution in [0.3, 0.4) is 0 Å². The zero-order chi connectivity index (χ0) is 37.9. The van der Waals surface area contributed by atoms with Gasteiger partial charge >= 0.3 is 5.97 Å². The highest BCUT2D eigenvalue weighted by Gasteiger charge is 2.59. The van der Waals surface area contributed by atoms with Gasteiger partial charge in [-0.05, 0) is 123 Å². The lowest BCUT2D eigenvalue weighted by Crippen LogP contribution is -2.51. The molecule has 53 heavy (non-hydrogen) atoms. The van der Waals surface area contributed by atoms with Crippen molar-refractivity contribution in [2.45, 2.75) is 247 Å². The Hall–Kier alpha value is -1.05. The molecule has 2 heteroatoms. The Morgan fingerprint density at radius 3 is 1.94 bits per heavy atom. The van der Waals surface area contributed by atoms with E-state index in [0.29, 0.717) is 17.3 Å². The van der Waals surface area contributed by atoms with Crippen LogP contribution >= 0.6 is 0 Å². The van der Waals surface area contributed by atoms with Gasteiger partial charge < -0.3 is 4.74 Å². The summed E-state index contributed by atoms with van der Waals surface area (Å²) in [4.78, 5) is 12.9. The number of rotatable bonds is 27. The zero-order valence-electron chi connectivity index (χ0n) is 36.5. The number of carbonyl (C=O) groups is 1. The predicted octanol–water partition coefficient (Wildman–Crippen LogP) is 16.3. The van der Waals surface area contributed by atoms with Crippen molar-refractivity contribution in [1.82, 2.24) is 0 Å². The van der Waals surface area contributed by atoms with Crippen LogP contribution in [0.15, 0.2) is 23.8 Å². The third-order valence-corrected chi connectivity index (χ3v) is 15.7. The summed E-state index contributed by atoms with van der Waals surface area (Å²) in [5.41, 5.74) is 2.53. The van der Waals surface area contributed by atoms with E-state index >= 15 is 0 Å². The van der Waals surface area contributed by atoms with E-state index in [2.05, 4.69) is 59.8 Å². The maximum atomic E-state index is 12.9. The van der Waals surface area contributed by atoms with Crippen LogP contribution < -0.4 is 0 Å². The Kier molecular flexibility index (Phi) is 20.1. The summed E-state index contributed by atoms with van der Waals surface area (Å²) in [6.45, 7) is 15.0. The van der Waals surface area contributed by atoms with Gasteiger partial charge in [0.15, 0.2) is 0 Å². The molecule has 0 saturated heterocycles. The SMILES string of the molecule is CCCCCCCC/C=C/CCCCCCCCCCCCCC(=O)O[C@H]1CC[C@@]2(C)C(=CC[C@H]3[C@H]4CC[C@H]([C@H](C)CCCC(C)C)[C@@]4(C)CC[C@@H]32)C1. The summed E-state index contributed by atoms with van der Waals surface area (Å²) < 4.78 is 6.15. The molecule has 8 atom stereocenters. The minimum absolute atomic E-state index is 0.0640. The lowest BCUT2D eigenvalue weighted by molar-refractivity contribution is -0.151. The van der Waals surface area contributed by atoms with Gasteiger partial charge in [-0.15, -0.1) is 0 Å². The summed E-state index contributed by atoms with van der Waals surface area (Å²) in [7, 11) is 0. The number of allylic oxidation sites excluding steroid dienone is 3. The molecule has 306 valence electrons. The van der Waals surface area contributed by atoms with Gasteiger partial charge in [0.2, 0.25) is 0 Å². The first-order valence-electron chi connectivity index (χ1n) is 24.2. The van der Waals surface area contributed by atoms with Crippen molar-refractivity contribution >= 4 is 5.97 Å². The molecule has 0 bridgehead atoms. The van der Waals surface area contributed by atoms with E-state index in [0.717, 1.165) is 54.8 Å². The standard InChI is InChI=1S/C51H90O2/c1-7-8-9-10-11-12-13-14-15-16-17-18-19-20-21-22-23-24-25-26-27-31-49(52)53-44-36-38-50(5)43(40-44)32-33-45-47-35-34-46(42(4)30-28-29-41(2)3)51(47,6)39-37-48(45)50/h14-15,32,41-42,44-48H,7-13,16-31,33-40H2,1-6H3/b15-14+/t42-,44+,45+,46-,47-,48+,50+,51-/m1/s1. The molecule has 4 aliphatic rings. The van der Waals surface area contributed by atoms with Crippen LogP contribution in [0.25, 0.3) is 0 Å². The minimum Gasteiger partial charge on any atom is -0.462 e. The Labute approximate surface area is 331 Å². The molecule has 4 rings (SSSR count). The Morgan fingerprint density at radius 1 is 0.717 bits per heavy atom. The second-order valence-corrected chi connectivity index (χ2v) is 20.1. The van der Waals surface area contributed by atoms with Crippen LogP contribution in [0.4, 0.5) is 0 Å². The predicted molar refractivity (Wildman–Crippen MR) is 230 cm³/mol. The molecule has 2 nitrogen and oxygen atoms in total. The lowest BCUT2D eigenvalue weighted by atomic mass is 9.47. The Balaban J connectivity index is 1.01. The summed E-state index contributed by atoms with van der Waals surface area (Å²) in [5.74, 6) is 5.33. The lowest BCUT2D eigenvalue weighted by Gasteiger charge is -2.58. The van der Waals surface area contributed by atoms with E-state index in [4.69, 9.17) is 4.74 Å². The van der Waals surface area contributed by atoms with Crippen molar-refractivity contribution in [2.75, 3.05) is 0 Å². The molecule has 3 saturated carbocycles. The van der Waals surface area contributed by atoms with E-state index in [1.165, 1.54) is 173 Å². The van der Waals surface area contributed by atoms with Gasteiger partial charge in [0.25, 0.3) is 0 Å². The normalized spacial score (nSPS) is 30.2. The van der Waals surface area contributed by atoms with Crippen LogP contribution in [0.5, 0.6) is 0 Å². The summed E-state index contributed by atoms with van der Waals surface area (Å²) in [5, 5.41) is 0. The monoisotopic (exact) mass is 735 g/mol. The van der Waals surface area contributed by atoms with E-state index in [1.54, 1.807) is 5.57 Å². The van der Waals surface area contributed by atoms with Gasteiger partial charge in [-0.1, -0.05) is 174 Å². The number of hydrogen-bond acceptors (Lipinski definition) is 2. The minimum atomic E-state index is 0.0640. The maximum Gasteiger partial charge on any atom is 0.306 e. The molecule has 0 aliphatic heterocycles. The molecule has 0 N–H and O–H groups in total. The van der Waals surface area contributed by atoms with Crippen molar-refractivity contribution in [3.8, 4) is 0 Å². The zero-order valence-corrected chi connectivity index (χ0v) is 36.5. The Morgan fingerprint density at radius 2 is 1.32 bits per heavy atom. The first-order valence-corrected chi connectivity index (χ1v) is 24.2. The van der Waals surface area contributed by atoms with Crippen LogP contribution in [-0.2, 0) is 9.53 Å². The van der Waals surface area contributed by atoms with E-state index in [1.807, 2.05) is 0 Å². The number of carbonyl (C=O) groups excluding carboxylic acids is 1. The number of fused-ring (bicyclic) bond motifs is 5. The van der Waals surface area contributed by atoms with Gasteiger partial charge in [-0.3, -0.25) is 4.79 Å². The topological polar surface area (TPSA) is 26.3 Å². The molecular weight excluding hydrogens is 645 g/mol. The second-order valence-electron chi connectivity index (χ2n) is 20.1. The first kappa shape index (κ1) is 44.7. The van der Waals surface area contributed by atoms with E-state index in [-0.39, 0.29) is 12.1 Å². The molecule has 0 aromatic rings. The van der Waals surface area contributed by atoms with Gasteiger partial charge in [-0.25, -0.2) is 0 Å². The molecule has 4 aliphatic carbocycles. The van der Waals surface area contributed by atoms with Crippen molar-refractivity contribution in [1.29, 1.82) is 0 Å². The molecule has 0 heterocycles. The largest absolute Gasteiger partial charge is 0.462 e. The first-order chi connectivity index (χ1) is 25.7. The van der Waals surface area contributed by atoms with Crippen molar-refractivity contribution in [2.24, 2.45) is 46.3 Å². The fourth-order valence-corrected chi connectivity index (χ4v) is 12.4. The summed E-state index contributed by atoms with van der Waals surface area (Å²) in [6, 6.07) is 0. The average Bonchev–Trinajstić information content (AvgIpc) is 3.49. The van der Waals surface area contributed by atoms with Crippen molar-refractivity contribution < 1.29 is 9.53 Å². The molecule has 0 amide bonds. The van der Waals surface area contributed by atoms with Crippen LogP contribution in [-0.4, -0.2) is 12.1 Å². The van der Waals surface area contributed by atoms with Gasteiger partial charge in [-0.2, -0.15) is 0 Å². The van der Waals surface area contributed by atoms with Crippen molar-refractivity contribution in [3.05, 3.63) is 23.8 Å². The molecule has 0 aromatic carbocycles. The fourth-order valence-electron chi connectivity index (χ4n) is 12.4. The number of hydrogen-bond donors (Lipinski definition) is 0. The highest BCUT2D eigenvalue weighted by Crippen LogP contribution is 2.67. The van der Waals surface area contributed by atoms with Crippen LogP contribution in [0.1, 0.15) is 241 Å². The maximum absolute atomic E-state index is 12.9. The second kappa shape index (κ2) is 23.9. The number of ether oxygens (including phenoxy) is 1. The quantitative estimate of drug-likeness (QED) is 0.0477. The molecule has 0 spiro atoms. The van der Waals surface area contributed by atoms with Gasteiger partial charge in [0.1, 0.15) is 6.10 Å². The summed E-state index contributed by atoms with van der Waals surface area (Å²) >= 11 is 0. The third kappa shape index (κ3) is 13.8. The fraction of sp³-hybridized carbons (Fsp3) is 0.902. The average molecular weight is 735 g/mol. The molecule has 3 fully saturated rings. The number of unbranched alkanes of at least 4 members (excludes halogenated alkanes) is 17. The third-order valence-electron chi connectivity index (χ3n) is 15.7. The molecule has 0 aromatic heterocycles. The van der Waals surface area contributed by atoms with Crippen molar-refractivity contribution in [3.63, 3.8) is 0 Å². The van der Waals surface area contributed by atoms with Crippen LogP contribution in [0, 0.1) is 46.3 Å². The molecular formula is C51H90O2. The van der Waals surface area contributed by atoms with Crippen LogP contribution in [0.2, 0.25) is 0 Å². The highest BCUT2D eigenvalue weighted by molar-refractivity contribution is 5.69. The van der Waals surface area contributed by atoms with Gasteiger partial charge in [0.05, 0.1) is 0 Å². The molecule has 0 radical (unpaired) electrons. The molecule has 0 unspecified atom stereocenters. The van der Waals surface area contributed by atoms with E-state index in [9.17, 15) is 4.79 Å². The van der Waals surface area contributed by atoms with Gasteiger partial charge in [0, 0.05) is 12.8 Å². The van der Waals surface area contributed by atoms with E-state index < -0.39 is 0 Å².